The van der Waals surface area contributed by atoms with Crippen molar-refractivity contribution in [3.8, 4) is 0 Å². The molecule has 0 fully saturated rings. The van der Waals surface area contributed by atoms with Crippen molar-refractivity contribution in [3.05, 3.63) is 0 Å². The number of carboxylic acids is 1. The predicted molar refractivity (Wildman–Crippen MR) is 58.6 cm³/mol. The van der Waals surface area contributed by atoms with Gasteiger partial charge >= 0.3 is 5.97 Å². The third kappa shape index (κ3) is 7.59. The molecular formula is C10H18F2O2S. The summed E-state index contributed by atoms with van der Waals surface area (Å²) in [7, 11) is 0. The summed E-state index contributed by atoms with van der Waals surface area (Å²) in [6.45, 7) is 3.70. The Hall–Kier alpha value is -0.320. The Kier molecular flexibility index (Phi) is 7.74. The average Bonchev–Trinajstić information content (AvgIpc) is 2.08. The molecule has 0 rings (SSSR count). The van der Waals surface area contributed by atoms with Crippen LogP contribution >= 0.6 is 11.8 Å². The third-order valence-corrected chi connectivity index (χ3v) is 3.59. The Labute approximate surface area is 93.4 Å². The zero-order chi connectivity index (χ0) is 11.8. The van der Waals surface area contributed by atoms with Crippen LogP contribution in [0.5, 0.6) is 0 Å². The topological polar surface area (TPSA) is 37.3 Å². The van der Waals surface area contributed by atoms with Crippen LogP contribution in [0.4, 0.5) is 8.78 Å². The van der Waals surface area contributed by atoms with Crippen LogP contribution in [0, 0.1) is 5.92 Å². The monoisotopic (exact) mass is 240 g/mol. The zero-order valence-electron chi connectivity index (χ0n) is 9.08. The number of thioether (sulfide) groups is 1. The summed E-state index contributed by atoms with van der Waals surface area (Å²) in [5, 5.41) is 8.43. The lowest BCUT2D eigenvalue weighted by Crippen LogP contribution is -2.22. The fraction of sp³-hybridized carbons (Fsp3) is 0.900. The van der Waals surface area contributed by atoms with E-state index in [0.29, 0.717) is 18.6 Å². The largest absolute Gasteiger partial charge is 0.480 e. The van der Waals surface area contributed by atoms with Gasteiger partial charge in [0.25, 0.3) is 0 Å². The summed E-state index contributed by atoms with van der Waals surface area (Å²) in [5.74, 6) is -0.103. The van der Waals surface area contributed by atoms with Crippen LogP contribution in [-0.4, -0.2) is 28.5 Å². The molecular weight excluding hydrogens is 222 g/mol. The molecule has 15 heavy (non-hydrogen) atoms. The molecule has 0 aliphatic carbocycles. The van der Waals surface area contributed by atoms with Gasteiger partial charge in [-0.25, -0.2) is 8.78 Å². The Balaban J connectivity index is 3.59. The molecule has 2 nitrogen and oxygen atoms in total. The van der Waals surface area contributed by atoms with E-state index in [2.05, 4.69) is 0 Å². The fourth-order valence-electron chi connectivity index (χ4n) is 1.16. The number of hydrogen-bond donors (Lipinski definition) is 1. The van der Waals surface area contributed by atoms with Crippen LogP contribution < -0.4 is 0 Å². The minimum atomic E-state index is -2.24. The average molecular weight is 240 g/mol. The molecule has 0 amide bonds. The van der Waals surface area contributed by atoms with Crippen molar-refractivity contribution < 1.29 is 18.7 Å². The molecule has 0 aliphatic heterocycles. The predicted octanol–water partition coefficient (Wildman–Crippen LogP) is 3.26. The molecule has 0 bridgehead atoms. The van der Waals surface area contributed by atoms with Crippen LogP contribution in [0.1, 0.15) is 33.1 Å². The Morgan fingerprint density at radius 1 is 1.33 bits per heavy atom. The van der Waals surface area contributed by atoms with Crippen molar-refractivity contribution in [2.24, 2.45) is 5.92 Å². The maximum Gasteiger partial charge on any atom is 0.316 e. The second-order valence-corrected chi connectivity index (χ2v) is 5.01. The van der Waals surface area contributed by atoms with Gasteiger partial charge in [-0.05, 0) is 24.5 Å². The van der Waals surface area contributed by atoms with Crippen molar-refractivity contribution >= 4 is 17.7 Å². The van der Waals surface area contributed by atoms with Gasteiger partial charge in [0.15, 0.2) is 0 Å². The van der Waals surface area contributed by atoms with Crippen LogP contribution in [-0.2, 0) is 4.79 Å². The molecule has 1 unspecified atom stereocenters. The second kappa shape index (κ2) is 7.91. The van der Waals surface area contributed by atoms with Crippen molar-refractivity contribution in [1.82, 2.24) is 0 Å². The molecule has 0 saturated heterocycles. The minimum absolute atomic E-state index is 0.0719. The van der Waals surface area contributed by atoms with Gasteiger partial charge in [-0.3, -0.25) is 4.79 Å². The lowest BCUT2D eigenvalue weighted by atomic mass is 10.1. The van der Waals surface area contributed by atoms with Gasteiger partial charge in [-0.1, -0.05) is 13.8 Å². The van der Waals surface area contributed by atoms with Gasteiger partial charge in [0.1, 0.15) is 5.25 Å². The highest BCUT2D eigenvalue weighted by molar-refractivity contribution is 8.00. The van der Waals surface area contributed by atoms with Gasteiger partial charge in [0, 0.05) is 6.42 Å². The number of rotatable bonds is 8. The van der Waals surface area contributed by atoms with E-state index in [-0.39, 0.29) is 12.3 Å². The summed E-state index contributed by atoms with van der Waals surface area (Å²) in [6.07, 6.45) is -1.20. The molecule has 0 saturated carbocycles. The van der Waals surface area contributed by atoms with E-state index < -0.39 is 17.6 Å². The number of hydrogen-bond acceptors (Lipinski definition) is 2. The lowest BCUT2D eigenvalue weighted by molar-refractivity contribution is -0.137. The SMILES string of the molecule is CC(C)C(SCCCCC(F)F)C(=O)O. The van der Waals surface area contributed by atoms with Gasteiger partial charge < -0.3 is 5.11 Å². The molecule has 1 atom stereocenters. The quantitative estimate of drug-likeness (QED) is 0.662. The second-order valence-electron chi connectivity index (χ2n) is 3.76. The van der Waals surface area contributed by atoms with E-state index in [9.17, 15) is 13.6 Å². The van der Waals surface area contributed by atoms with E-state index in [1.54, 1.807) is 0 Å². The minimum Gasteiger partial charge on any atom is -0.480 e. The normalized spacial score (nSPS) is 13.5. The highest BCUT2D eigenvalue weighted by Gasteiger charge is 2.21. The van der Waals surface area contributed by atoms with Gasteiger partial charge in [-0.2, -0.15) is 0 Å². The number of carboxylic acid groups (broad SMARTS) is 1. The van der Waals surface area contributed by atoms with E-state index in [1.165, 1.54) is 11.8 Å². The highest BCUT2D eigenvalue weighted by atomic mass is 32.2. The summed E-state index contributed by atoms with van der Waals surface area (Å²) in [6, 6.07) is 0. The molecule has 0 aromatic rings. The third-order valence-electron chi connectivity index (χ3n) is 1.96. The molecule has 0 spiro atoms. The maximum absolute atomic E-state index is 11.8. The van der Waals surface area contributed by atoms with E-state index in [0.717, 1.165) is 0 Å². The van der Waals surface area contributed by atoms with Gasteiger partial charge in [0.2, 0.25) is 6.43 Å². The van der Waals surface area contributed by atoms with E-state index in [4.69, 9.17) is 5.11 Å². The van der Waals surface area contributed by atoms with Crippen molar-refractivity contribution in [1.29, 1.82) is 0 Å². The standard InChI is InChI=1S/C10H18F2O2S/c1-7(2)9(10(13)14)15-6-4-3-5-8(11)12/h7-9H,3-6H2,1-2H3,(H,13,14). The van der Waals surface area contributed by atoms with Crippen LogP contribution in [0.2, 0.25) is 0 Å². The molecule has 0 aliphatic rings. The summed E-state index contributed by atoms with van der Waals surface area (Å²) < 4.78 is 23.6. The number of alkyl halides is 2. The van der Waals surface area contributed by atoms with Gasteiger partial charge in [-0.15, -0.1) is 11.8 Å². The van der Waals surface area contributed by atoms with Crippen LogP contribution in [0.3, 0.4) is 0 Å². The van der Waals surface area contributed by atoms with Crippen molar-refractivity contribution in [2.45, 2.75) is 44.8 Å². The smallest absolute Gasteiger partial charge is 0.316 e. The Morgan fingerprint density at radius 2 is 1.93 bits per heavy atom. The summed E-state index contributed by atoms with van der Waals surface area (Å²) >= 11 is 1.34. The van der Waals surface area contributed by atoms with Crippen molar-refractivity contribution in [2.75, 3.05) is 5.75 Å². The van der Waals surface area contributed by atoms with Gasteiger partial charge in [0.05, 0.1) is 0 Å². The van der Waals surface area contributed by atoms with E-state index >= 15 is 0 Å². The first-order valence-corrected chi connectivity index (χ1v) is 6.12. The first-order chi connectivity index (χ1) is 6.95. The van der Waals surface area contributed by atoms with Crippen molar-refractivity contribution in [3.63, 3.8) is 0 Å². The molecule has 0 heterocycles. The number of carbonyl (C=O) groups is 1. The number of unbranched alkanes of at least 4 members (excludes halogenated alkanes) is 1. The number of aliphatic carboxylic acids is 1. The first-order valence-electron chi connectivity index (χ1n) is 5.07. The number of halogens is 2. The van der Waals surface area contributed by atoms with E-state index in [1.807, 2.05) is 13.8 Å². The summed E-state index contributed by atoms with van der Waals surface area (Å²) in [5.41, 5.74) is 0. The Bertz CT molecular complexity index is 186. The summed E-state index contributed by atoms with van der Waals surface area (Å²) in [4.78, 5) is 10.8. The molecule has 5 heteroatoms. The first kappa shape index (κ1) is 14.7. The van der Waals surface area contributed by atoms with Crippen LogP contribution in [0.25, 0.3) is 0 Å². The maximum atomic E-state index is 11.8. The molecule has 0 radical (unpaired) electrons. The highest BCUT2D eigenvalue weighted by Crippen LogP contribution is 2.21. The molecule has 0 aromatic carbocycles. The molecule has 1 N–H and O–H groups in total. The Morgan fingerprint density at radius 3 is 2.33 bits per heavy atom. The molecule has 0 aromatic heterocycles. The fourth-order valence-corrected chi connectivity index (χ4v) is 2.31. The molecule has 90 valence electrons. The van der Waals surface area contributed by atoms with Crippen LogP contribution in [0.15, 0.2) is 0 Å². The zero-order valence-corrected chi connectivity index (χ0v) is 9.90. The lowest BCUT2D eigenvalue weighted by Gasteiger charge is -2.15.